The van der Waals surface area contributed by atoms with Crippen molar-refractivity contribution in [2.75, 3.05) is 7.11 Å². The number of hydrogen-bond donors (Lipinski definition) is 2. The third-order valence-electron chi connectivity index (χ3n) is 4.47. The minimum absolute atomic E-state index is 0.00593. The van der Waals surface area contributed by atoms with E-state index < -0.39 is 23.7 Å². The molecule has 31 heavy (non-hydrogen) atoms. The number of carbonyl (C=O) groups is 2. The van der Waals surface area contributed by atoms with E-state index in [1.165, 1.54) is 31.4 Å². The molecule has 1 aromatic heterocycles. The number of carbonyl (C=O) groups excluding carboxylic acids is 1. The Bertz CT molecular complexity index is 1140. The largest absolute Gasteiger partial charge is 0.494 e. The normalized spacial score (nSPS) is 11.6. The van der Waals surface area contributed by atoms with Gasteiger partial charge in [0.1, 0.15) is 23.0 Å². The van der Waals surface area contributed by atoms with Crippen LogP contribution in [-0.4, -0.2) is 29.1 Å². The Balaban J connectivity index is 1.95. The molecule has 2 N–H and O–H groups in total. The summed E-state index contributed by atoms with van der Waals surface area (Å²) in [6, 6.07) is 12.8. The van der Waals surface area contributed by atoms with E-state index in [0.717, 1.165) is 0 Å². The zero-order valence-electron chi connectivity index (χ0n) is 16.2. The van der Waals surface area contributed by atoms with Gasteiger partial charge in [-0.25, -0.2) is 9.37 Å². The molecule has 0 fully saturated rings. The van der Waals surface area contributed by atoms with Crippen LogP contribution in [0, 0.1) is 5.82 Å². The van der Waals surface area contributed by atoms with Gasteiger partial charge >= 0.3 is 5.97 Å². The van der Waals surface area contributed by atoms with Crippen molar-refractivity contribution in [3.63, 3.8) is 0 Å². The molecule has 1 atom stereocenters. The first-order valence-corrected chi connectivity index (χ1v) is 9.83. The summed E-state index contributed by atoms with van der Waals surface area (Å²) < 4.78 is 19.2. The average Bonchev–Trinajstić information content (AvgIpc) is 2.74. The third kappa shape index (κ3) is 5.31. The summed E-state index contributed by atoms with van der Waals surface area (Å²) >= 11 is 11.9. The van der Waals surface area contributed by atoms with E-state index in [2.05, 4.69) is 10.3 Å². The number of benzene rings is 2. The Kier molecular flexibility index (Phi) is 7.09. The molecule has 3 rings (SSSR count). The van der Waals surface area contributed by atoms with Crippen LogP contribution in [0.25, 0.3) is 11.3 Å². The lowest BCUT2D eigenvalue weighted by Crippen LogP contribution is -2.31. The summed E-state index contributed by atoms with van der Waals surface area (Å²) in [7, 11) is 1.42. The number of ether oxygens (including phenoxy) is 1. The number of aliphatic carboxylic acids is 1. The predicted octanol–water partition coefficient (Wildman–Crippen LogP) is 5.15. The van der Waals surface area contributed by atoms with Crippen molar-refractivity contribution in [2.45, 2.75) is 12.5 Å². The maximum absolute atomic E-state index is 13.9. The summed E-state index contributed by atoms with van der Waals surface area (Å²) in [5.41, 5.74) is 1.06. The van der Waals surface area contributed by atoms with Crippen molar-refractivity contribution in [3.8, 4) is 17.0 Å². The lowest BCUT2D eigenvalue weighted by molar-refractivity contribution is -0.137. The minimum Gasteiger partial charge on any atom is -0.494 e. The Morgan fingerprint density at radius 2 is 1.87 bits per heavy atom. The minimum atomic E-state index is -1.11. The highest BCUT2D eigenvalue weighted by atomic mass is 35.5. The van der Waals surface area contributed by atoms with E-state index in [0.29, 0.717) is 21.9 Å². The van der Waals surface area contributed by atoms with Crippen molar-refractivity contribution < 1.29 is 23.8 Å². The SMILES string of the molecule is COc1ccc(C(=O)N[C@@H](CC(=O)O)c2ccccc2Cl)nc1-c1ccc(Cl)c(F)c1. The first-order valence-electron chi connectivity index (χ1n) is 9.07. The molecule has 0 bridgehead atoms. The highest BCUT2D eigenvalue weighted by Crippen LogP contribution is 2.31. The number of methoxy groups -OCH3 is 1. The molecule has 6 nitrogen and oxygen atoms in total. The lowest BCUT2D eigenvalue weighted by atomic mass is 10.0. The van der Waals surface area contributed by atoms with Gasteiger partial charge in [-0.1, -0.05) is 47.5 Å². The number of carboxylic acid groups (broad SMARTS) is 1. The van der Waals surface area contributed by atoms with Gasteiger partial charge in [-0.3, -0.25) is 9.59 Å². The fourth-order valence-electron chi connectivity index (χ4n) is 2.99. The fraction of sp³-hybridized carbons (Fsp3) is 0.136. The maximum atomic E-state index is 13.9. The Hall–Kier alpha value is -3.16. The number of aromatic nitrogens is 1. The second-order valence-electron chi connectivity index (χ2n) is 6.52. The number of amides is 1. The van der Waals surface area contributed by atoms with Crippen molar-refractivity contribution in [3.05, 3.63) is 81.7 Å². The quantitative estimate of drug-likeness (QED) is 0.506. The highest BCUT2D eigenvalue weighted by Gasteiger charge is 2.22. The van der Waals surface area contributed by atoms with Gasteiger partial charge in [-0.2, -0.15) is 0 Å². The van der Waals surface area contributed by atoms with Crippen LogP contribution in [0.5, 0.6) is 5.75 Å². The molecular formula is C22H17Cl2FN2O4. The number of pyridine rings is 1. The summed E-state index contributed by atoms with van der Waals surface area (Å²) in [6.07, 6.45) is -0.374. The summed E-state index contributed by atoms with van der Waals surface area (Å²) in [5.74, 6) is -2.04. The molecule has 0 aliphatic rings. The third-order valence-corrected chi connectivity index (χ3v) is 5.12. The smallest absolute Gasteiger partial charge is 0.305 e. The standard InChI is InChI=1S/C22H17Cl2FN2O4/c1-31-19-9-8-17(26-21(19)12-6-7-15(24)16(25)10-12)22(30)27-18(11-20(28)29)13-4-2-3-5-14(13)23/h2-10,18H,11H2,1H3,(H,27,30)(H,28,29)/t18-/m0/s1. The van der Waals surface area contributed by atoms with E-state index in [1.54, 1.807) is 30.3 Å². The molecule has 0 aliphatic carbocycles. The van der Waals surface area contributed by atoms with Gasteiger partial charge in [-0.05, 0) is 35.9 Å². The Morgan fingerprint density at radius 1 is 1.13 bits per heavy atom. The highest BCUT2D eigenvalue weighted by molar-refractivity contribution is 6.31. The molecular weight excluding hydrogens is 446 g/mol. The molecule has 160 valence electrons. The zero-order chi connectivity index (χ0) is 22.5. The molecule has 0 aliphatic heterocycles. The second kappa shape index (κ2) is 9.76. The van der Waals surface area contributed by atoms with Crippen LogP contribution in [0.15, 0.2) is 54.6 Å². The predicted molar refractivity (Wildman–Crippen MR) is 115 cm³/mol. The molecule has 0 spiro atoms. The number of rotatable bonds is 7. The molecule has 0 unspecified atom stereocenters. The lowest BCUT2D eigenvalue weighted by Gasteiger charge is -2.19. The van der Waals surface area contributed by atoms with Crippen molar-refractivity contribution in [1.29, 1.82) is 0 Å². The Labute approximate surface area is 187 Å². The fourth-order valence-corrected chi connectivity index (χ4v) is 3.38. The zero-order valence-corrected chi connectivity index (χ0v) is 17.7. The van der Waals surface area contributed by atoms with E-state index in [1.807, 2.05) is 0 Å². The molecule has 2 aromatic carbocycles. The average molecular weight is 463 g/mol. The van der Waals surface area contributed by atoms with Gasteiger partial charge in [0.15, 0.2) is 0 Å². The van der Waals surface area contributed by atoms with Crippen LogP contribution in [-0.2, 0) is 4.79 Å². The molecule has 9 heteroatoms. The summed E-state index contributed by atoms with van der Waals surface area (Å²) in [4.78, 5) is 28.5. The first-order chi connectivity index (χ1) is 14.8. The number of nitrogens with one attached hydrogen (secondary N) is 1. The first kappa shape index (κ1) is 22.5. The molecule has 0 saturated heterocycles. The molecule has 0 saturated carbocycles. The molecule has 3 aromatic rings. The van der Waals surface area contributed by atoms with Gasteiger partial charge in [0, 0.05) is 10.6 Å². The van der Waals surface area contributed by atoms with Crippen LogP contribution in [0.4, 0.5) is 4.39 Å². The maximum Gasteiger partial charge on any atom is 0.305 e. The number of hydrogen-bond acceptors (Lipinski definition) is 4. The van der Waals surface area contributed by atoms with Gasteiger partial charge in [0.05, 0.1) is 24.6 Å². The number of halogens is 3. The van der Waals surface area contributed by atoms with Crippen molar-refractivity contribution in [1.82, 2.24) is 10.3 Å². The summed E-state index contributed by atoms with van der Waals surface area (Å²) in [6.45, 7) is 0. The van der Waals surface area contributed by atoms with Crippen molar-refractivity contribution in [2.24, 2.45) is 0 Å². The van der Waals surface area contributed by atoms with Crippen molar-refractivity contribution >= 4 is 35.1 Å². The van der Waals surface area contributed by atoms with Crippen LogP contribution in [0.1, 0.15) is 28.5 Å². The monoisotopic (exact) mass is 462 g/mol. The molecule has 0 radical (unpaired) electrons. The van der Waals surface area contributed by atoms with E-state index in [4.69, 9.17) is 27.9 Å². The molecule has 1 heterocycles. The number of nitrogens with zero attached hydrogens (tertiary/aromatic N) is 1. The topological polar surface area (TPSA) is 88.5 Å². The number of carboxylic acids is 1. The second-order valence-corrected chi connectivity index (χ2v) is 7.34. The van der Waals surface area contributed by atoms with Gasteiger partial charge in [0.2, 0.25) is 0 Å². The van der Waals surface area contributed by atoms with Gasteiger partial charge in [0.25, 0.3) is 5.91 Å². The Morgan fingerprint density at radius 3 is 2.52 bits per heavy atom. The molecule has 1 amide bonds. The van der Waals surface area contributed by atoms with E-state index in [9.17, 15) is 19.1 Å². The van der Waals surface area contributed by atoms with Crippen LogP contribution in [0.3, 0.4) is 0 Å². The van der Waals surface area contributed by atoms with Gasteiger partial charge < -0.3 is 15.2 Å². The van der Waals surface area contributed by atoms with E-state index in [-0.39, 0.29) is 22.8 Å². The summed E-state index contributed by atoms with van der Waals surface area (Å²) in [5, 5.41) is 12.2. The van der Waals surface area contributed by atoms with Crippen LogP contribution in [0.2, 0.25) is 10.0 Å². The van der Waals surface area contributed by atoms with E-state index >= 15 is 0 Å². The van der Waals surface area contributed by atoms with Crippen LogP contribution < -0.4 is 10.1 Å². The van der Waals surface area contributed by atoms with Gasteiger partial charge in [-0.15, -0.1) is 0 Å². The van der Waals surface area contributed by atoms with Crippen LogP contribution >= 0.6 is 23.2 Å².